The van der Waals surface area contributed by atoms with E-state index in [0.717, 1.165) is 9.79 Å². The van der Waals surface area contributed by atoms with Crippen LogP contribution in [0.5, 0.6) is 0 Å². The normalized spacial score (nSPS) is 10.4. The molecule has 0 amide bonds. The van der Waals surface area contributed by atoms with Gasteiger partial charge < -0.3 is 0 Å². The molecule has 0 fully saturated rings. The molecule has 0 aliphatic rings. The molecule has 0 nitrogen and oxygen atoms in total. The van der Waals surface area contributed by atoms with Gasteiger partial charge in [-0.1, -0.05) is 0 Å². The SMILES string of the molecule is C=C[CH2][Pd]([Cl])[CH2]C=C. The zero-order valence-corrected chi connectivity index (χ0v) is 6.99. The predicted octanol–water partition coefficient (Wildman–Crippen LogP) is 2.97. The molecule has 0 N–H and O–H groups in total. The maximum absolute atomic E-state index is 5.86. The Morgan fingerprint density at radius 3 is 1.88 bits per heavy atom. The van der Waals surface area contributed by atoms with Crippen molar-refractivity contribution in [1.29, 1.82) is 0 Å². The van der Waals surface area contributed by atoms with E-state index in [0.29, 0.717) is 0 Å². The molecule has 0 rings (SSSR count). The van der Waals surface area contributed by atoms with E-state index in [1.54, 1.807) is 0 Å². The first kappa shape index (κ1) is 8.43. The summed E-state index contributed by atoms with van der Waals surface area (Å²) in [6.45, 7) is 7.19. The third kappa shape index (κ3) is 4.59. The molecule has 0 unspecified atom stereocenters. The second kappa shape index (κ2) is 5.57. The molecule has 0 bridgehead atoms. The Labute approximate surface area is 60.5 Å². The Hall–Kier alpha value is 0.432. The van der Waals surface area contributed by atoms with E-state index in [9.17, 15) is 0 Å². The minimum atomic E-state index is -0.780. The zero-order valence-electron chi connectivity index (χ0n) is 4.68. The fourth-order valence-electron chi connectivity index (χ4n) is 0.251. The van der Waals surface area contributed by atoms with Crippen LogP contribution in [0.2, 0.25) is 9.79 Å². The second-order valence-electron chi connectivity index (χ2n) is 1.16. The molecule has 0 heterocycles. The monoisotopic (exact) mass is 223 g/mol. The first-order valence-electron chi connectivity index (χ1n) is 2.20. The molecular weight excluding hydrogens is 214 g/mol. The van der Waals surface area contributed by atoms with Crippen molar-refractivity contribution in [2.45, 2.75) is 9.79 Å². The molecule has 0 atom stereocenters. The van der Waals surface area contributed by atoms with Gasteiger partial charge >= 0.3 is 60.4 Å². The number of hydrogen-bond donors (Lipinski definition) is 0. The van der Waals surface area contributed by atoms with Gasteiger partial charge in [0.15, 0.2) is 0 Å². The molecule has 8 heavy (non-hydrogen) atoms. The van der Waals surface area contributed by atoms with Crippen LogP contribution in [0.3, 0.4) is 0 Å². The summed E-state index contributed by atoms with van der Waals surface area (Å²) >= 11 is -0.780. The quantitative estimate of drug-likeness (QED) is 0.508. The summed E-state index contributed by atoms with van der Waals surface area (Å²) in [6, 6.07) is 0. The Morgan fingerprint density at radius 1 is 1.25 bits per heavy atom. The van der Waals surface area contributed by atoms with Gasteiger partial charge in [0.1, 0.15) is 0 Å². The Bertz CT molecular complexity index is 70.6. The molecular formula is C6H10ClPd. The molecule has 0 aromatic rings. The van der Waals surface area contributed by atoms with Crippen LogP contribution in [-0.4, -0.2) is 0 Å². The summed E-state index contributed by atoms with van der Waals surface area (Å²) in [5.74, 6) is 0. The molecule has 2 heteroatoms. The van der Waals surface area contributed by atoms with Gasteiger partial charge in [0.2, 0.25) is 0 Å². The minimum absolute atomic E-state index is 0.780. The van der Waals surface area contributed by atoms with Crippen molar-refractivity contribution in [3.8, 4) is 0 Å². The molecule has 51 valence electrons. The summed E-state index contributed by atoms with van der Waals surface area (Å²) in [4.78, 5) is 1.97. The van der Waals surface area contributed by atoms with Crippen molar-refractivity contribution in [2.75, 3.05) is 0 Å². The molecule has 0 saturated carbocycles. The van der Waals surface area contributed by atoms with Crippen LogP contribution in [0.25, 0.3) is 0 Å². The third-order valence-corrected chi connectivity index (χ3v) is 3.89. The van der Waals surface area contributed by atoms with Crippen LogP contribution in [0.15, 0.2) is 25.3 Å². The summed E-state index contributed by atoms with van der Waals surface area (Å²) in [5, 5.41) is 0. The van der Waals surface area contributed by atoms with E-state index in [2.05, 4.69) is 13.2 Å². The topological polar surface area (TPSA) is 0 Å². The van der Waals surface area contributed by atoms with Gasteiger partial charge in [-0.3, -0.25) is 0 Å². The Morgan fingerprint density at radius 2 is 1.62 bits per heavy atom. The summed E-state index contributed by atoms with van der Waals surface area (Å²) < 4.78 is 0. The van der Waals surface area contributed by atoms with E-state index >= 15 is 0 Å². The first-order valence-corrected chi connectivity index (χ1v) is 6.40. The van der Waals surface area contributed by atoms with E-state index in [4.69, 9.17) is 9.53 Å². The molecule has 0 aliphatic heterocycles. The first-order chi connectivity index (χ1) is 3.81. The van der Waals surface area contributed by atoms with Crippen molar-refractivity contribution in [1.82, 2.24) is 0 Å². The number of allylic oxidation sites excluding steroid dienone is 2. The molecule has 0 aliphatic carbocycles. The standard InChI is InChI=1S/2C3H5.ClH.Pd/c2*1-3-2;;/h2*3H,1-2H2;1H;/q;;;+1/p-1. The molecule has 0 aromatic heterocycles. The van der Waals surface area contributed by atoms with Crippen LogP contribution in [0.1, 0.15) is 0 Å². The van der Waals surface area contributed by atoms with Crippen molar-refractivity contribution in [2.24, 2.45) is 0 Å². The van der Waals surface area contributed by atoms with E-state index in [-0.39, 0.29) is 0 Å². The molecule has 0 saturated heterocycles. The van der Waals surface area contributed by atoms with E-state index in [1.165, 1.54) is 0 Å². The number of halogens is 1. The number of rotatable bonds is 4. The van der Waals surface area contributed by atoms with Gasteiger partial charge in [-0.15, -0.1) is 0 Å². The van der Waals surface area contributed by atoms with Crippen LogP contribution in [-0.2, 0) is 15.7 Å². The average molecular weight is 224 g/mol. The molecule has 0 aromatic carbocycles. The Kier molecular flexibility index (Phi) is 5.87. The summed E-state index contributed by atoms with van der Waals surface area (Å²) in [5.41, 5.74) is 0. The van der Waals surface area contributed by atoms with E-state index in [1.807, 2.05) is 12.2 Å². The zero-order chi connectivity index (χ0) is 6.41. The van der Waals surface area contributed by atoms with Gasteiger partial charge in [0.25, 0.3) is 0 Å². The second-order valence-corrected chi connectivity index (χ2v) is 6.04. The van der Waals surface area contributed by atoms with Gasteiger partial charge in [0.05, 0.1) is 0 Å². The average Bonchev–Trinajstić information content (AvgIpc) is 1.68. The van der Waals surface area contributed by atoms with Crippen molar-refractivity contribution in [3.05, 3.63) is 25.3 Å². The predicted molar refractivity (Wildman–Crippen MR) is 35.9 cm³/mol. The fourth-order valence-corrected chi connectivity index (χ4v) is 2.30. The van der Waals surface area contributed by atoms with Gasteiger partial charge in [0, 0.05) is 0 Å². The van der Waals surface area contributed by atoms with Crippen LogP contribution in [0.4, 0.5) is 0 Å². The number of hydrogen-bond acceptors (Lipinski definition) is 0. The van der Waals surface area contributed by atoms with Crippen LogP contribution < -0.4 is 0 Å². The maximum atomic E-state index is 5.86. The summed E-state index contributed by atoms with van der Waals surface area (Å²) in [7, 11) is 5.86. The van der Waals surface area contributed by atoms with Crippen molar-refractivity contribution < 1.29 is 15.7 Å². The van der Waals surface area contributed by atoms with Crippen molar-refractivity contribution in [3.63, 3.8) is 0 Å². The summed E-state index contributed by atoms with van der Waals surface area (Å²) in [6.07, 6.45) is 3.74. The molecule has 0 radical (unpaired) electrons. The van der Waals surface area contributed by atoms with Crippen LogP contribution in [0, 0.1) is 0 Å². The van der Waals surface area contributed by atoms with E-state index < -0.39 is 15.7 Å². The van der Waals surface area contributed by atoms with Gasteiger partial charge in [-0.2, -0.15) is 0 Å². The van der Waals surface area contributed by atoms with Crippen molar-refractivity contribution >= 4 is 9.53 Å². The van der Waals surface area contributed by atoms with Crippen LogP contribution >= 0.6 is 9.53 Å². The molecule has 0 spiro atoms. The third-order valence-electron chi connectivity index (χ3n) is 0.463. The Balaban J connectivity index is 3.16. The van der Waals surface area contributed by atoms with Gasteiger partial charge in [-0.05, 0) is 0 Å². The van der Waals surface area contributed by atoms with Gasteiger partial charge in [-0.25, -0.2) is 0 Å². The fraction of sp³-hybridized carbons (Fsp3) is 0.333.